The molecule has 38 heavy (non-hydrogen) atoms. The molecule has 9 nitrogen and oxygen atoms in total. The molecule has 2 bridgehead atoms. The van der Waals surface area contributed by atoms with Crippen molar-refractivity contribution in [2.45, 2.75) is 61.7 Å². The minimum absolute atomic E-state index is 0.0333. The van der Waals surface area contributed by atoms with Crippen LogP contribution in [-0.4, -0.2) is 68.0 Å². The number of hydrogen-bond acceptors (Lipinski definition) is 7. The molecule has 5 aliphatic rings. The third-order valence-corrected chi connectivity index (χ3v) is 9.36. The number of aliphatic hydroxyl groups is 2. The van der Waals surface area contributed by atoms with E-state index >= 15 is 0 Å². The summed E-state index contributed by atoms with van der Waals surface area (Å²) in [6.45, 7) is 1.64. The summed E-state index contributed by atoms with van der Waals surface area (Å²) in [5, 5.41) is 46.6. The smallest absolute Gasteiger partial charge is 0.307 e. The molecule has 2 aromatic rings. The Labute approximate surface area is 219 Å². The highest BCUT2D eigenvalue weighted by Crippen LogP contribution is 2.66. The van der Waals surface area contributed by atoms with Gasteiger partial charge in [-0.3, -0.25) is 14.5 Å². The highest BCUT2D eigenvalue weighted by atomic mass is 16.5. The fourth-order valence-corrected chi connectivity index (χ4v) is 7.46. The summed E-state index contributed by atoms with van der Waals surface area (Å²) >= 11 is 0. The third kappa shape index (κ3) is 3.18. The lowest BCUT2D eigenvalue weighted by Gasteiger charge is -2.62. The number of amides is 1. The van der Waals surface area contributed by atoms with Gasteiger partial charge in [0, 0.05) is 30.3 Å². The monoisotopic (exact) mass is 518 g/mol. The molecule has 0 radical (unpaired) electrons. The van der Waals surface area contributed by atoms with Crippen LogP contribution in [0.2, 0.25) is 0 Å². The number of carbonyl (C=O) groups excluding carboxylic acids is 1. The second-order valence-corrected chi connectivity index (χ2v) is 11.5. The van der Waals surface area contributed by atoms with Crippen molar-refractivity contribution in [3.8, 4) is 11.5 Å². The number of phenolic OH excluding ortho intramolecular Hbond substituents is 1. The molecule has 198 valence electrons. The summed E-state index contributed by atoms with van der Waals surface area (Å²) in [6, 6.07) is 9.74. The Morgan fingerprint density at radius 1 is 1.11 bits per heavy atom. The van der Waals surface area contributed by atoms with E-state index in [-0.39, 0.29) is 36.0 Å². The Bertz CT molecular complexity index is 1400. The number of aliphatic carboxylic acids is 1. The summed E-state index contributed by atoms with van der Waals surface area (Å²) in [6.07, 6.45) is 2.35. The van der Waals surface area contributed by atoms with Gasteiger partial charge in [0.05, 0.1) is 23.0 Å². The maximum Gasteiger partial charge on any atom is 0.307 e. The zero-order valence-electron chi connectivity index (χ0n) is 20.8. The van der Waals surface area contributed by atoms with Crippen molar-refractivity contribution in [1.29, 1.82) is 0 Å². The molecule has 1 saturated heterocycles. The van der Waals surface area contributed by atoms with Crippen molar-refractivity contribution in [3.63, 3.8) is 0 Å². The van der Waals surface area contributed by atoms with Crippen LogP contribution in [0.4, 0.5) is 5.69 Å². The van der Waals surface area contributed by atoms with Gasteiger partial charge in [-0.1, -0.05) is 18.2 Å². The molecule has 4 atom stereocenters. The van der Waals surface area contributed by atoms with Gasteiger partial charge in [0.15, 0.2) is 17.6 Å². The van der Waals surface area contributed by atoms with Crippen LogP contribution in [0.1, 0.15) is 42.4 Å². The lowest BCUT2D eigenvalue weighted by Crippen LogP contribution is -2.75. The number of rotatable bonds is 6. The van der Waals surface area contributed by atoms with Gasteiger partial charge in [-0.25, -0.2) is 0 Å². The predicted molar refractivity (Wildman–Crippen MR) is 136 cm³/mol. The zero-order chi connectivity index (χ0) is 26.4. The number of aromatic hydroxyl groups is 1. The minimum atomic E-state index is -1.37. The van der Waals surface area contributed by atoms with Crippen LogP contribution in [0, 0.1) is 5.92 Å². The first-order chi connectivity index (χ1) is 18.2. The van der Waals surface area contributed by atoms with Gasteiger partial charge in [0.25, 0.3) is 5.91 Å². The van der Waals surface area contributed by atoms with Crippen LogP contribution in [0.15, 0.2) is 47.7 Å². The number of nitrogens with one attached hydrogen (secondary N) is 1. The van der Waals surface area contributed by atoms with E-state index in [0.717, 1.165) is 24.2 Å². The van der Waals surface area contributed by atoms with Crippen molar-refractivity contribution in [1.82, 2.24) is 4.90 Å². The number of phenols is 1. The summed E-state index contributed by atoms with van der Waals surface area (Å²) in [5.74, 6) is -0.817. The van der Waals surface area contributed by atoms with Crippen LogP contribution in [0.3, 0.4) is 0 Å². The molecule has 2 fully saturated rings. The molecule has 7 rings (SSSR count). The summed E-state index contributed by atoms with van der Waals surface area (Å²) in [5.41, 5.74) is 0.575. The largest absolute Gasteiger partial charge is 0.508 e. The molecule has 5 N–H and O–H groups in total. The van der Waals surface area contributed by atoms with Gasteiger partial charge in [-0.05, 0) is 67.5 Å². The Hall–Kier alpha value is -3.56. The Balaban J connectivity index is 1.28. The quantitative estimate of drug-likeness (QED) is 0.393. The number of anilines is 1. The normalized spacial score (nSPS) is 31.0. The minimum Gasteiger partial charge on any atom is -0.508 e. The lowest BCUT2D eigenvalue weighted by molar-refractivity contribution is -0.172. The number of carboxylic acids is 1. The van der Waals surface area contributed by atoms with Gasteiger partial charge < -0.3 is 30.5 Å². The lowest BCUT2D eigenvalue weighted by atomic mass is 9.49. The van der Waals surface area contributed by atoms with Gasteiger partial charge in [-0.2, -0.15) is 0 Å². The number of hydrogen-bond donors (Lipinski definition) is 5. The molecular weight excluding hydrogens is 488 g/mol. The van der Waals surface area contributed by atoms with E-state index in [4.69, 9.17) is 9.84 Å². The second kappa shape index (κ2) is 7.97. The summed E-state index contributed by atoms with van der Waals surface area (Å²) in [7, 11) is 0. The van der Waals surface area contributed by atoms with Crippen LogP contribution in [0.25, 0.3) is 0 Å². The molecule has 0 unspecified atom stereocenters. The molecule has 1 amide bonds. The average Bonchev–Trinajstić information content (AvgIpc) is 3.62. The number of ether oxygens (including phenoxy) is 1. The van der Waals surface area contributed by atoms with Crippen LogP contribution in [-0.2, 0) is 27.8 Å². The SMILES string of the molecule is O=C(O)Cc1ccc(NC(=O)C2=C(O)[C@@H]3Oc4c(O)ccc5c4[C@@]34CCN(CC3CC3)[C@H](C5)[C@]4(O)C2)cc1. The van der Waals surface area contributed by atoms with E-state index in [1.54, 1.807) is 30.3 Å². The first kappa shape index (κ1) is 23.5. The fourth-order valence-electron chi connectivity index (χ4n) is 7.46. The van der Waals surface area contributed by atoms with Gasteiger partial charge in [0.1, 0.15) is 5.76 Å². The van der Waals surface area contributed by atoms with Gasteiger partial charge in [0.2, 0.25) is 0 Å². The van der Waals surface area contributed by atoms with Crippen molar-refractivity contribution in [2.24, 2.45) is 5.92 Å². The Morgan fingerprint density at radius 3 is 2.58 bits per heavy atom. The van der Waals surface area contributed by atoms with Crippen molar-refractivity contribution in [2.75, 3.05) is 18.4 Å². The highest BCUT2D eigenvalue weighted by molar-refractivity contribution is 6.04. The topological polar surface area (TPSA) is 140 Å². The zero-order valence-corrected chi connectivity index (χ0v) is 20.8. The van der Waals surface area contributed by atoms with E-state index in [2.05, 4.69) is 10.2 Å². The van der Waals surface area contributed by atoms with Crippen LogP contribution < -0.4 is 10.1 Å². The first-order valence-electron chi connectivity index (χ1n) is 13.2. The average molecular weight is 519 g/mol. The number of nitrogens with zero attached hydrogens (tertiary/aromatic N) is 1. The van der Waals surface area contributed by atoms with E-state index in [1.807, 2.05) is 6.07 Å². The fraction of sp³-hybridized carbons (Fsp3) is 0.448. The maximum absolute atomic E-state index is 13.5. The molecule has 1 spiro atoms. The molecule has 0 aromatic heterocycles. The van der Waals surface area contributed by atoms with Crippen LogP contribution in [0.5, 0.6) is 11.5 Å². The molecular formula is C29H30N2O7. The number of aliphatic hydroxyl groups excluding tert-OH is 1. The molecule has 9 heteroatoms. The first-order valence-corrected chi connectivity index (χ1v) is 13.2. The van der Waals surface area contributed by atoms with Gasteiger partial charge in [-0.15, -0.1) is 0 Å². The van der Waals surface area contributed by atoms with E-state index in [1.165, 1.54) is 12.8 Å². The van der Waals surface area contributed by atoms with E-state index < -0.39 is 29.0 Å². The number of piperidine rings is 1. The second-order valence-electron chi connectivity index (χ2n) is 11.5. The van der Waals surface area contributed by atoms with E-state index in [9.17, 15) is 24.9 Å². The molecule has 2 heterocycles. The Kier molecular flexibility index (Phi) is 4.94. The van der Waals surface area contributed by atoms with E-state index in [0.29, 0.717) is 35.8 Å². The van der Waals surface area contributed by atoms with Gasteiger partial charge >= 0.3 is 5.97 Å². The number of carbonyl (C=O) groups is 2. The number of benzene rings is 2. The summed E-state index contributed by atoms with van der Waals surface area (Å²) in [4.78, 5) is 26.8. The van der Waals surface area contributed by atoms with Crippen LogP contribution >= 0.6 is 0 Å². The summed E-state index contributed by atoms with van der Waals surface area (Å²) < 4.78 is 6.23. The number of carboxylic acid groups (broad SMARTS) is 1. The molecule has 2 aliphatic heterocycles. The predicted octanol–water partition coefficient (Wildman–Crippen LogP) is 2.64. The Morgan fingerprint density at radius 2 is 1.87 bits per heavy atom. The standard InChI is InChI=1S/C29H30N2O7/c32-20-8-5-17-12-21-29(37)13-19(27(36)30-18-6-3-15(4-7-18)11-22(33)34)24(35)26-28(29,23(17)25(20)38-26)9-10-31(21)14-16-1-2-16/h3-8,16,21,26,32,35,37H,1-2,9-14H2,(H,30,36)(H,33,34)/t21-,26+,28+,29-/m1/s1. The number of likely N-dealkylation sites (tertiary alicyclic amines) is 1. The molecule has 3 aliphatic carbocycles. The van der Waals surface area contributed by atoms with Crippen molar-refractivity contribution >= 4 is 17.6 Å². The highest BCUT2D eigenvalue weighted by Gasteiger charge is 2.73. The molecule has 1 saturated carbocycles. The molecule has 2 aromatic carbocycles. The third-order valence-electron chi connectivity index (χ3n) is 9.36. The maximum atomic E-state index is 13.5. The van der Waals surface area contributed by atoms with Crippen molar-refractivity contribution in [3.05, 3.63) is 64.4 Å². The van der Waals surface area contributed by atoms with Crippen molar-refractivity contribution < 1.29 is 34.8 Å².